The summed E-state index contributed by atoms with van der Waals surface area (Å²) in [7, 11) is 0. The van der Waals surface area contributed by atoms with Gasteiger partial charge in [0.15, 0.2) is 0 Å². The Kier molecular flexibility index (Phi) is 4.51. The van der Waals surface area contributed by atoms with Crippen LogP contribution in [-0.2, 0) is 10.2 Å². The zero-order chi connectivity index (χ0) is 16.3. The second-order valence-corrected chi connectivity index (χ2v) is 6.76. The normalized spacial score (nSPS) is 15.7. The van der Waals surface area contributed by atoms with Crippen molar-refractivity contribution in [3.63, 3.8) is 0 Å². The standard InChI is InChI=1S/C21H25NO/c1-17-9-11-19(12-10-17)21(13-6-14-21)15-16-22(18(2)23)20-7-4-3-5-8-20/h3-5,7-12H,6,13-16H2,1-2H3. The van der Waals surface area contributed by atoms with Crippen LogP contribution in [0.1, 0.15) is 43.7 Å². The molecule has 1 aliphatic rings. The Bertz CT molecular complexity index is 656. The highest BCUT2D eigenvalue weighted by molar-refractivity contribution is 5.91. The van der Waals surface area contributed by atoms with Crippen molar-refractivity contribution in [3.05, 3.63) is 65.7 Å². The highest BCUT2D eigenvalue weighted by Crippen LogP contribution is 2.46. The first-order valence-electron chi connectivity index (χ1n) is 8.51. The largest absolute Gasteiger partial charge is 0.313 e. The smallest absolute Gasteiger partial charge is 0.223 e. The number of aryl methyl sites for hydroxylation is 1. The Hall–Kier alpha value is -2.09. The molecule has 2 heteroatoms. The first-order chi connectivity index (χ1) is 11.1. The maximum atomic E-state index is 12.1. The Labute approximate surface area is 139 Å². The van der Waals surface area contributed by atoms with Crippen LogP contribution in [0.25, 0.3) is 0 Å². The third-order valence-corrected chi connectivity index (χ3v) is 5.24. The van der Waals surface area contributed by atoms with E-state index < -0.39 is 0 Å². The Morgan fingerprint density at radius 2 is 1.70 bits per heavy atom. The number of carbonyl (C=O) groups is 1. The highest BCUT2D eigenvalue weighted by Gasteiger charge is 2.38. The van der Waals surface area contributed by atoms with Crippen molar-refractivity contribution in [2.24, 2.45) is 0 Å². The van der Waals surface area contributed by atoms with Crippen molar-refractivity contribution in [1.82, 2.24) is 0 Å². The minimum atomic E-state index is 0.120. The second-order valence-electron chi connectivity index (χ2n) is 6.76. The number of benzene rings is 2. The fourth-order valence-corrected chi connectivity index (χ4v) is 3.60. The van der Waals surface area contributed by atoms with Crippen molar-refractivity contribution in [3.8, 4) is 0 Å². The van der Waals surface area contributed by atoms with E-state index in [1.54, 1.807) is 6.92 Å². The molecule has 3 rings (SSSR count). The van der Waals surface area contributed by atoms with Gasteiger partial charge >= 0.3 is 0 Å². The molecule has 0 aromatic heterocycles. The average Bonchev–Trinajstić information content (AvgIpc) is 2.52. The summed E-state index contributed by atoms with van der Waals surface area (Å²) in [6, 6.07) is 19.0. The topological polar surface area (TPSA) is 20.3 Å². The van der Waals surface area contributed by atoms with Crippen LogP contribution >= 0.6 is 0 Å². The van der Waals surface area contributed by atoms with Crippen LogP contribution in [0.15, 0.2) is 54.6 Å². The average molecular weight is 307 g/mol. The number of hydrogen-bond donors (Lipinski definition) is 0. The van der Waals surface area contributed by atoms with Crippen LogP contribution in [0.5, 0.6) is 0 Å². The zero-order valence-corrected chi connectivity index (χ0v) is 14.1. The molecule has 2 aromatic carbocycles. The monoisotopic (exact) mass is 307 g/mol. The van der Waals surface area contributed by atoms with Crippen LogP contribution in [0.4, 0.5) is 5.69 Å². The van der Waals surface area contributed by atoms with E-state index >= 15 is 0 Å². The number of rotatable bonds is 5. The number of anilines is 1. The highest BCUT2D eigenvalue weighted by atomic mass is 16.2. The Morgan fingerprint density at radius 3 is 2.22 bits per heavy atom. The molecule has 1 amide bonds. The third kappa shape index (κ3) is 3.31. The maximum absolute atomic E-state index is 12.1. The molecule has 0 radical (unpaired) electrons. The van der Waals surface area contributed by atoms with Gasteiger partial charge in [0.2, 0.25) is 5.91 Å². The molecular formula is C21H25NO. The lowest BCUT2D eigenvalue weighted by atomic mass is 9.62. The number of carbonyl (C=O) groups excluding carboxylic acids is 1. The molecule has 1 aliphatic carbocycles. The van der Waals surface area contributed by atoms with E-state index in [1.807, 2.05) is 35.2 Å². The van der Waals surface area contributed by atoms with Gasteiger partial charge in [0.25, 0.3) is 0 Å². The SMILES string of the molecule is CC(=O)N(CCC1(c2ccc(C)cc2)CCC1)c1ccccc1. The molecule has 0 bridgehead atoms. The van der Waals surface area contributed by atoms with E-state index in [0.29, 0.717) is 0 Å². The fraction of sp³-hybridized carbons (Fsp3) is 0.381. The fourth-order valence-electron chi connectivity index (χ4n) is 3.60. The van der Waals surface area contributed by atoms with Gasteiger partial charge in [-0.25, -0.2) is 0 Å². The molecule has 2 nitrogen and oxygen atoms in total. The van der Waals surface area contributed by atoms with E-state index in [0.717, 1.165) is 18.7 Å². The molecule has 0 spiro atoms. The van der Waals surface area contributed by atoms with Gasteiger partial charge in [0.05, 0.1) is 0 Å². The lowest BCUT2D eigenvalue weighted by Crippen LogP contribution is -2.40. The van der Waals surface area contributed by atoms with Gasteiger partial charge < -0.3 is 4.90 Å². The quantitative estimate of drug-likeness (QED) is 0.772. The van der Waals surface area contributed by atoms with Crippen LogP contribution in [0.3, 0.4) is 0 Å². The van der Waals surface area contributed by atoms with Crippen molar-refractivity contribution < 1.29 is 4.79 Å². The second kappa shape index (κ2) is 6.57. The summed E-state index contributed by atoms with van der Waals surface area (Å²) >= 11 is 0. The first-order valence-corrected chi connectivity index (χ1v) is 8.51. The molecule has 23 heavy (non-hydrogen) atoms. The Balaban J connectivity index is 1.76. The molecule has 1 saturated carbocycles. The molecule has 1 fully saturated rings. The van der Waals surface area contributed by atoms with Gasteiger partial charge in [-0.15, -0.1) is 0 Å². The third-order valence-electron chi connectivity index (χ3n) is 5.24. The van der Waals surface area contributed by atoms with E-state index in [4.69, 9.17) is 0 Å². The molecule has 0 atom stereocenters. The van der Waals surface area contributed by atoms with Gasteiger partial charge in [-0.2, -0.15) is 0 Å². The molecule has 0 N–H and O–H groups in total. The molecule has 0 unspecified atom stereocenters. The molecule has 2 aromatic rings. The van der Waals surface area contributed by atoms with Gasteiger partial charge in [0, 0.05) is 19.2 Å². The predicted molar refractivity (Wildman–Crippen MR) is 95.8 cm³/mol. The first kappa shape index (κ1) is 15.8. The summed E-state index contributed by atoms with van der Waals surface area (Å²) < 4.78 is 0. The maximum Gasteiger partial charge on any atom is 0.223 e. The van der Waals surface area contributed by atoms with Crippen molar-refractivity contribution in [2.45, 2.75) is 44.9 Å². The summed E-state index contributed by atoms with van der Waals surface area (Å²) in [5.41, 5.74) is 4.00. The zero-order valence-electron chi connectivity index (χ0n) is 14.1. The lowest BCUT2D eigenvalue weighted by molar-refractivity contribution is -0.116. The molecule has 0 saturated heterocycles. The summed E-state index contributed by atoms with van der Waals surface area (Å²) in [6.07, 6.45) is 4.79. The van der Waals surface area contributed by atoms with Gasteiger partial charge in [0.1, 0.15) is 0 Å². The number of amides is 1. The summed E-state index contributed by atoms with van der Waals surface area (Å²) in [5.74, 6) is 0.120. The van der Waals surface area contributed by atoms with Crippen molar-refractivity contribution in [1.29, 1.82) is 0 Å². The van der Waals surface area contributed by atoms with Crippen LogP contribution in [-0.4, -0.2) is 12.5 Å². The van der Waals surface area contributed by atoms with Crippen molar-refractivity contribution >= 4 is 11.6 Å². The molecular weight excluding hydrogens is 282 g/mol. The summed E-state index contributed by atoms with van der Waals surface area (Å²) in [6.45, 7) is 4.57. The van der Waals surface area contributed by atoms with E-state index in [2.05, 4.69) is 31.2 Å². The van der Waals surface area contributed by atoms with Crippen LogP contribution in [0.2, 0.25) is 0 Å². The number of nitrogens with zero attached hydrogens (tertiary/aromatic N) is 1. The minimum Gasteiger partial charge on any atom is -0.313 e. The number of hydrogen-bond acceptors (Lipinski definition) is 1. The molecule has 0 aliphatic heterocycles. The molecule has 120 valence electrons. The van der Waals surface area contributed by atoms with Crippen LogP contribution in [0, 0.1) is 6.92 Å². The molecule has 0 heterocycles. The predicted octanol–water partition coefficient (Wildman–Crippen LogP) is 4.86. The minimum absolute atomic E-state index is 0.120. The van der Waals surface area contributed by atoms with Gasteiger partial charge in [-0.3, -0.25) is 4.79 Å². The number of para-hydroxylation sites is 1. The Morgan fingerprint density at radius 1 is 1.04 bits per heavy atom. The van der Waals surface area contributed by atoms with Gasteiger partial charge in [-0.05, 0) is 49.3 Å². The lowest BCUT2D eigenvalue weighted by Gasteiger charge is -2.44. The summed E-state index contributed by atoms with van der Waals surface area (Å²) in [4.78, 5) is 14.0. The van der Waals surface area contributed by atoms with E-state index in [1.165, 1.54) is 30.4 Å². The van der Waals surface area contributed by atoms with Crippen LogP contribution < -0.4 is 4.90 Å². The van der Waals surface area contributed by atoms with Crippen molar-refractivity contribution in [2.75, 3.05) is 11.4 Å². The summed E-state index contributed by atoms with van der Waals surface area (Å²) in [5, 5.41) is 0. The van der Waals surface area contributed by atoms with E-state index in [-0.39, 0.29) is 11.3 Å². The van der Waals surface area contributed by atoms with Gasteiger partial charge in [-0.1, -0.05) is 54.4 Å². The van der Waals surface area contributed by atoms with E-state index in [9.17, 15) is 4.79 Å².